The molecule has 0 aromatic carbocycles. The molecule has 0 bridgehead atoms. The Morgan fingerprint density at radius 2 is 1.83 bits per heavy atom. The van der Waals surface area contributed by atoms with Crippen LogP contribution in [0.1, 0.15) is 53.9 Å². The zero-order valence-electron chi connectivity index (χ0n) is 22.1. The Bertz CT molecular complexity index is 1210. The summed E-state index contributed by atoms with van der Waals surface area (Å²) in [4.78, 5) is 20.6. The summed E-state index contributed by atoms with van der Waals surface area (Å²) < 4.78 is 1.96. The van der Waals surface area contributed by atoms with Crippen molar-refractivity contribution in [1.29, 1.82) is 0 Å². The van der Waals surface area contributed by atoms with Crippen molar-refractivity contribution in [3.63, 3.8) is 0 Å². The quantitative estimate of drug-likeness (QED) is 0.473. The second kappa shape index (κ2) is 11.5. The zero-order valence-corrected chi connectivity index (χ0v) is 22.1. The molecule has 2 N–H and O–H groups in total. The predicted octanol–water partition coefficient (Wildman–Crippen LogP) is 5.70. The average Bonchev–Trinajstić information content (AvgIpc) is 3.22. The molecule has 4 heterocycles. The van der Waals surface area contributed by atoms with Crippen LogP contribution in [0.5, 0.6) is 0 Å². The Labute approximate surface area is 215 Å². The van der Waals surface area contributed by atoms with Gasteiger partial charge in [-0.05, 0) is 79.9 Å². The van der Waals surface area contributed by atoms with Gasteiger partial charge in [0, 0.05) is 34.0 Å². The lowest BCUT2D eigenvalue weighted by Crippen LogP contribution is -2.35. The van der Waals surface area contributed by atoms with Crippen molar-refractivity contribution in [2.45, 2.75) is 59.4 Å². The number of aryl methyl sites for hydroxylation is 1. The lowest BCUT2D eigenvalue weighted by molar-refractivity contribution is 0.400. The number of nitrogens with one attached hydrogen (secondary N) is 1. The van der Waals surface area contributed by atoms with Crippen LogP contribution >= 0.6 is 0 Å². The van der Waals surface area contributed by atoms with Crippen molar-refractivity contribution in [1.82, 2.24) is 24.5 Å². The van der Waals surface area contributed by atoms with E-state index in [2.05, 4.69) is 53.1 Å². The Morgan fingerprint density at radius 3 is 2.50 bits per heavy atom. The summed E-state index contributed by atoms with van der Waals surface area (Å²) in [5.41, 5.74) is 4.03. The standard InChI is InChI=1S/C24H29N7O.C4H10.H2/c1-16-13-19(32)3-4-20(16)27-23-21-22(26-15-30(21)2)28-24(29-23)31-11-7-18(8-12-31)14-17-5-9-25-10-6-17;1-4(2)3;/h3,5-6,9-10,13,15,18,20,32H,4,7-8,11-12,14H2,1-2H3,(H,27,28,29);4H,1-3H3;1H. The third-order valence-corrected chi connectivity index (χ3v) is 6.53. The third-order valence-electron chi connectivity index (χ3n) is 6.53. The summed E-state index contributed by atoms with van der Waals surface area (Å²) in [6, 6.07) is 4.30. The molecule has 36 heavy (non-hydrogen) atoms. The van der Waals surface area contributed by atoms with Crippen LogP contribution in [0, 0.1) is 11.8 Å². The number of allylic oxidation sites excluding steroid dienone is 1. The van der Waals surface area contributed by atoms with Gasteiger partial charge < -0.3 is 19.9 Å². The summed E-state index contributed by atoms with van der Waals surface area (Å²) in [7, 11) is 1.96. The molecule has 8 heteroatoms. The molecule has 8 nitrogen and oxygen atoms in total. The highest BCUT2D eigenvalue weighted by Gasteiger charge is 2.24. The molecule has 0 radical (unpaired) electrons. The fourth-order valence-electron chi connectivity index (χ4n) is 4.63. The lowest BCUT2D eigenvalue weighted by Gasteiger charge is -2.32. The SMILES string of the molecule is CC(C)C.CC1=CC(O)=CCC1Nc1nc(N2CCC(Cc3ccncc3)CC2)nc2ncn(C)c12.[HH]. The van der Waals surface area contributed by atoms with Crippen LogP contribution in [0.2, 0.25) is 0 Å². The van der Waals surface area contributed by atoms with E-state index in [4.69, 9.17) is 9.97 Å². The molecular weight excluding hydrogens is 450 g/mol. The lowest BCUT2D eigenvalue weighted by atomic mass is 9.90. The van der Waals surface area contributed by atoms with Crippen LogP contribution < -0.4 is 10.2 Å². The number of anilines is 2. The third kappa shape index (κ3) is 6.42. The van der Waals surface area contributed by atoms with E-state index in [0.717, 1.165) is 61.1 Å². The maximum Gasteiger partial charge on any atom is 0.229 e. The number of rotatable bonds is 5. The van der Waals surface area contributed by atoms with E-state index in [-0.39, 0.29) is 7.47 Å². The molecule has 1 atom stereocenters. The average molecular weight is 492 g/mol. The van der Waals surface area contributed by atoms with Crippen LogP contribution in [0.15, 0.2) is 54.3 Å². The Kier molecular flexibility index (Phi) is 8.23. The summed E-state index contributed by atoms with van der Waals surface area (Å²) in [5, 5.41) is 13.4. The van der Waals surface area contributed by atoms with Gasteiger partial charge in [-0.15, -0.1) is 0 Å². The molecule has 0 spiro atoms. The van der Waals surface area contributed by atoms with Crippen molar-refractivity contribution >= 4 is 22.9 Å². The number of imidazole rings is 1. The van der Waals surface area contributed by atoms with Gasteiger partial charge in [0.15, 0.2) is 11.5 Å². The van der Waals surface area contributed by atoms with Gasteiger partial charge in [0.2, 0.25) is 5.95 Å². The van der Waals surface area contributed by atoms with Crippen LogP contribution in [-0.4, -0.2) is 48.7 Å². The first-order valence-electron chi connectivity index (χ1n) is 13.0. The second-order valence-corrected chi connectivity index (χ2v) is 10.6. The smallest absolute Gasteiger partial charge is 0.229 e. The van der Waals surface area contributed by atoms with E-state index in [0.29, 0.717) is 23.7 Å². The van der Waals surface area contributed by atoms with Gasteiger partial charge in [0.1, 0.15) is 11.3 Å². The van der Waals surface area contributed by atoms with Gasteiger partial charge in [-0.2, -0.15) is 9.97 Å². The van der Waals surface area contributed by atoms with E-state index in [9.17, 15) is 5.11 Å². The first-order valence-corrected chi connectivity index (χ1v) is 13.0. The number of fused-ring (bicyclic) bond motifs is 1. The molecule has 0 saturated carbocycles. The van der Waals surface area contributed by atoms with Gasteiger partial charge in [-0.3, -0.25) is 4.98 Å². The molecule has 1 fully saturated rings. The topological polar surface area (TPSA) is 92.0 Å². The van der Waals surface area contributed by atoms with Gasteiger partial charge in [0.25, 0.3) is 0 Å². The minimum Gasteiger partial charge on any atom is -0.508 e. The number of aromatic nitrogens is 5. The summed E-state index contributed by atoms with van der Waals surface area (Å²) in [6.07, 6.45) is 13.2. The highest BCUT2D eigenvalue weighted by Crippen LogP contribution is 2.29. The highest BCUT2D eigenvalue weighted by atomic mass is 16.3. The van der Waals surface area contributed by atoms with Crippen LogP contribution in [-0.2, 0) is 13.5 Å². The largest absolute Gasteiger partial charge is 0.508 e. The summed E-state index contributed by atoms with van der Waals surface area (Å²) >= 11 is 0. The molecule has 194 valence electrons. The number of aliphatic hydroxyl groups excluding tert-OH is 1. The fourth-order valence-corrected chi connectivity index (χ4v) is 4.63. The van der Waals surface area contributed by atoms with E-state index in [1.54, 1.807) is 12.4 Å². The Hall–Kier alpha value is -3.42. The highest BCUT2D eigenvalue weighted by molar-refractivity contribution is 5.85. The van der Waals surface area contributed by atoms with Gasteiger partial charge >= 0.3 is 0 Å². The van der Waals surface area contributed by atoms with Gasteiger partial charge in [-0.1, -0.05) is 20.8 Å². The normalized spacial score (nSPS) is 18.5. The number of nitrogens with zero attached hydrogens (tertiary/aromatic N) is 6. The van der Waals surface area contributed by atoms with Crippen molar-refractivity contribution in [2.24, 2.45) is 18.9 Å². The molecule has 3 aromatic heterocycles. The van der Waals surface area contributed by atoms with Gasteiger partial charge in [0.05, 0.1) is 12.4 Å². The fraction of sp³-hybridized carbons (Fsp3) is 0.500. The zero-order chi connectivity index (χ0) is 25.7. The summed E-state index contributed by atoms with van der Waals surface area (Å²) in [6.45, 7) is 10.4. The van der Waals surface area contributed by atoms with Gasteiger partial charge in [-0.25, -0.2) is 4.98 Å². The first-order chi connectivity index (χ1) is 17.3. The summed E-state index contributed by atoms with van der Waals surface area (Å²) in [5.74, 6) is 3.34. The Morgan fingerprint density at radius 1 is 1.14 bits per heavy atom. The molecule has 1 saturated heterocycles. The molecule has 2 aliphatic rings. The van der Waals surface area contributed by atoms with E-state index < -0.39 is 0 Å². The number of hydrogen-bond acceptors (Lipinski definition) is 7. The molecule has 0 amide bonds. The predicted molar refractivity (Wildman–Crippen MR) is 148 cm³/mol. The monoisotopic (exact) mass is 491 g/mol. The number of hydrogen-bond donors (Lipinski definition) is 2. The minimum absolute atomic E-state index is 0. The molecule has 1 aliphatic carbocycles. The molecule has 1 aliphatic heterocycles. The van der Waals surface area contributed by atoms with Crippen molar-refractivity contribution in [2.75, 3.05) is 23.3 Å². The van der Waals surface area contributed by atoms with E-state index in [1.807, 2.05) is 37.0 Å². The van der Waals surface area contributed by atoms with Crippen LogP contribution in [0.3, 0.4) is 0 Å². The first kappa shape index (κ1) is 25.7. The van der Waals surface area contributed by atoms with E-state index >= 15 is 0 Å². The number of pyridine rings is 1. The Balaban J connectivity index is 0.000000711. The molecule has 3 aromatic rings. The second-order valence-electron chi connectivity index (χ2n) is 10.6. The molecule has 5 rings (SSSR count). The van der Waals surface area contributed by atoms with Crippen LogP contribution in [0.4, 0.5) is 11.8 Å². The van der Waals surface area contributed by atoms with Crippen molar-refractivity contribution in [3.8, 4) is 0 Å². The van der Waals surface area contributed by atoms with Crippen LogP contribution in [0.25, 0.3) is 11.2 Å². The number of piperidine rings is 1. The van der Waals surface area contributed by atoms with Crippen molar-refractivity contribution in [3.05, 3.63) is 59.9 Å². The minimum atomic E-state index is 0. The van der Waals surface area contributed by atoms with E-state index in [1.165, 1.54) is 5.56 Å². The number of aliphatic hydroxyl groups is 1. The van der Waals surface area contributed by atoms with Crippen molar-refractivity contribution < 1.29 is 6.53 Å². The maximum absolute atomic E-state index is 9.78. The molecule has 1 unspecified atom stereocenters. The maximum atomic E-state index is 9.78. The molecular formula is C28H41N7O.